The molecule has 17 heavy (non-hydrogen) atoms. The third kappa shape index (κ3) is 2.67. The van der Waals surface area contributed by atoms with Crippen LogP contribution in [0.3, 0.4) is 0 Å². The summed E-state index contributed by atoms with van der Waals surface area (Å²) in [7, 11) is 0. The van der Waals surface area contributed by atoms with Gasteiger partial charge in [0, 0.05) is 18.7 Å². The van der Waals surface area contributed by atoms with Crippen LogP contribution in [0.1, 0.15) is 28.4 Å². The van der Waals surface area contributed by atoms with Gasteiger partial charge in [-0.25, -0.2) is 0 Å². The second-order valence-electron chi connectivity index (χ2n) is 4.42. The Morgan fingerprint density at radius 3 is 2.71 bits per heavy atom. The van der Waals surface area contributed by atoms with Gasteiger partial charge in [-0.3, -0.25) is 4.79 Å². The molecule has 1 aliphatic rings. The summed E-state index contributed by atoms with van der Waals surface area (Å²) < 4.78 is 5.27. The monoisotopic (exact) mass is 233 g/mol. The van der Waals surface area contributed by atoms with Gasteiger partial charge in [-0.1, -0.05) is 24.6 Å². The molecule has 0 aromatic heterocycles. The summed E-state index contributed by atoms with van der Waals surface area (Å²) in [4.78, 5) is 14.2. The first-order valence-corrected chi connectivity index (χ1v) is 6.19. The molecular formula is C14H19NO2. The minimum atomic E-state index is 0.144. The molecular weight excluding hydrogens is 214 g/mol. The lowest BCUT2D eigenvalue weighted by atomic mass is 10.0. The van der Waals surface area contributed by atoms with Crippen LogP contribution in [-0.2, 0) is 11.2 Å². The van der Waals surface area contributed by atoms with Crippen LogP contribution >= 0.6 is 0 Å². The Hall–Kier alpha value is -1.35. The summed E-state index contributed by atoms with van der Waals surface area (Å²) in [5.41, 5.74) is 3.20. The van der Waals surface area contributed by atoms with E-state index in [1.165, 1.54) is 5.56 Å². The lowest BCUT2D eigenvalue weighted by molar-refractivity contribution is 0.0302. The predicted molar refractivity (Wildman–Crippen MR) is 67.3 cm³/mol. The van der Waals surface area contributed by atoms with E-state index in [1.807, 2.05) is 17.0 Å². The van der Waals surface area contributed by atoms with Crippen molar-refractivity contribution in [2.24, 2.45) is 0 Å². The fraction of sp³-hybridized carbons (Fsp3) is 0.500. The number of ether oxygens (including phenoxy) is 1. The zero-order chi connectivity index (χ0) is 12.3. The molecule has 92 valence electrons. The molecule has 1 aromatic rings. The molecule has 0 atom stereocenters. The van der Waals surface area contributed by atoms with E-state index in [-0.39, 0.29) is 5.91 Å². The number of aryl methyl sites for hydroxylation is 2. The highest BCUT2D eigenvalue weighted by Crippen LogP contribution is 2.15. The van der Waals surface area contributed by atoms with Crippen LogP contribution in [-0.4, -0.2) is 37.1 Å². The third-order valence-electron chi connectivity index (χ3n) is 3.17. The quantitative estimate of drug-likeness (QED) is 0.782. The number of carbonyl (C=O) groups is 1. The van der Waals surface area contributed by atoms with E-state index in [1.54, 1.807) is 0 Å². The molecule has 3 nitrogen and oxygen atoms in total. The molecule has 1 fully saturated rings. The lowest BCUT2D eigenvalue weighted by Crippen LogP contribution is -2.41. The predicted octanol–water partition coefficient (Wildman–Crippen LogP) is 2.03. The van der Waals surface area contributed by atoms with Crippen molar-refractivity contribution in [3.05, 3.63) is 34.9 Å². The summed E-state index contributed by atoms with van der Waals surface area (Å²) in [6.45, 7) is 6.86. The highest BCUT2D eigenvalue weighted by molar-refractivity contribution is 5.95. The van der Waals surface area contributed by atoms with Crippen LogP contribution < -0.4 is 0 Å². The first kappa shape index (κ1) is 12.1. The third-order valence-corrected chi connectivity index (χ3v) is 3.17. The van der Waals surface area contributed by atoms with Crippen molar-refractivity contribution >= 4 is 5.91 Å². The number of rotatable bonds is 2. The number of benzene rings is 1. The van der Waals surface area contributed by atoms with Crippen molar-refractivity contribution in [2.45, 2.75) is 20.3 Å². The number of nitrogens with zero attached hydrogens (tertiary/aromatic N) is 1. The van der Waals surface area contributed by atoms with Crippen LogP contribution in [0.4, 0.5) is 0 Å². The molecule has 0 bridgehead atoms. The number of hydrogen-bond acceptors (Lipinski definition) is 2. The van der Waals surface area contributed by atoms with Crippen molar-refractivity contribution in [3.63, 3.8) is 0 Å². The zero-order valence-electron chi connectivity index (χ0n) is 10.5. The minimum absolute atomic E-state index is 0.144. The van der Waals surface area contributed by atoms with E-state index in [0.717, 1.165) is 17.5 Å². The maximum atomic E-state index is 12.4. The van der Waals surface area contributed by atoms with E-state index < -0.39 is 0 Å². The Morgan fingerprint density at radius 2 is 2.06 bits per heavy atom. The number of amides is 1. The van der Waals surface area contributed by atoms with Crippen LogP contribution in [0, 0.1) is 6.92 Å². The Bertz CT molecular complexity index is 409. The number of carbonyl (C=O) groups excluding carboxylic acids is 1. The van der Waals surface area contributed by atoms with Gasteiger partial charge < -0.3 is 9.64 Å². The van der Waals surface area contributed by atoms with E-state index in [2.05, 4.69) is 19.9 Å². The van der Waals surface area contributed by atoms with E-state index >= 15 is 0 Å². The van der Waals surface area contributed by atoms with E-state index in [0.29, 0.717) is 26.3 Å². The molecule has 3 heteroatoms. The molecule has 1 heterocycles. The van der Waals surface area contributed by atoms with Gasteiger partial charge in [0.15, 0.2) is 0 Å². The highest BCUT2D eigenvalue weighted by Gasteiger charge is 2.20. The summed E-state index contributed by atoms with van der Waals surface area (Å²) >= 11 is 0. The standard InChI is InChI=1S/C14H19NO2/c1-3-12-10-11(2)4-5-13(12)14(16)15-6-8-17-9-7-15/h4-5,10H,3,6-9H2,1-2H3. The molecule has 2 rings (SSSR count). The molecule has 1 aromatic carbocycles. The first-order chi connectivity index (χ1) is 8.22. The van der Waals surface area contributed by atoms with Gasteiger partial charge in [-0.2, -0.15) is 0 Å². The summed E-state index contributed by atoms with van der Waals surface area (Å²) in [6.07, 6.45) is 0.896. The maximum absolute atomic E-state index is 12.4. The van der Waals surface area contributed by atoms with Gasteiger partial charge in [-0.05, 0) is 25.0 Å². The van der Waals surface area contributed by atoms with Crippen molar-refractivity contribution in [2.75, 3.05) is 26.3 Å². The average molecular weight is 233 g/mol. The summed E-state index contributed by atoms with van der Waals surface area (Å²) in [5.74, 6) is 0.144. The minimum Gasteiger partial charge on any atom is -0.378 e. The Labute approximate surface area is 102 Å². The average Bonchev–Trinajstić information content (AvgIpc) is 2.39. The Balaban J connectivity index is 2.23. The normalized spacial score (nSPS) is 16.0. The smallest absolute Gasteiger partial charge is 0.254 e. The van der Waals surface area contributed by atoms with Gasteiger partial charge in [0.05, 0.1) is 13.2 Å². The van der Waals surface area contributed by atoms with Crippen LogP contribution in [0.25, 0.3) is 0 Å². The lowest BCUT2D eigenvalue weighted by Gasteiger charge is -2.27. The zero-order valence-corrected chi connectivity index (χ0v) is 10.5. The van der Waals surface area contributed by atoms with Crippen LogP contribution in [0.2, 0.25) is 0 Å². The summed E-state index contributed by atoms with van der Waals surface area (Å²) in [6, 6.07) is 6.06. The molecule has 1 saturated heterocycles. The fourth-order valence-electron chi connectivity index (χ4n) is 2.16. The van der Waals surface area contributed by atoms with Crippen molar-refractivity contribution in [1.29, 1.82) is 0 Å². The molecule has 1 aliphatic heterocycles. The molecule has 1 amide bonds. The summed E-state index contributed by atoms with van der Waals surface area (Å²) in [5, 5.41) is 0. The maximum Gasteiger partial charge on any atom is 0.254 e. The molecule has 0 radical (unpaired) electrons. The molecule has 0 spiro atoms. The van der Waals surface area contributed by atoms with Crippen molar-refractivity contribution in [3.8, 4) is 0 Å². The highest BCUT2D eigenvalue weighted by atomic mass is 16.5. The second-order valence-corrected chi connectivity index (χ2v) is 4.42. The number of morpholine rings is 1. The SMILES string of the molecule is CCc1cc(C)ccc1C(=O)N1CCOCC1. The van der Waals surface area contributed by atoms with Gasteiger partial charge in [0.25, 0.3) is 5.91 Å². The van der Waals surface area contributed by atoms with Crippen LogP contribution in [0.5, 0.6) is 0 Å². The van der Waals surface area contributed by atoms with Crippen LogP contribution in [0.15, 0.2) is 18.2 Å². The number of hydrogen-bond donors (Lipinski definition) is 0. The fourth-order valence-corrected chi connectivity index (χ4v) is 2.16. The van der Waals surface area contributed by atoms with Gasteiger partial charge >= 0.3 is 0 Å². The first-order valence-electron chi connectivity index (χ1n) is 6.19. The van der Waals surface area contributed by atoms with Gasteiger partial charge in [-0.15, -0.1) is 0 Å². The van der Waals surface area contributed by atoms with Gasteiger partial charge in [0.1, 0.15) is 0 Å². The van der Waals surface area contributed by atoms with Crippen molar-refractivity contribution < 1.29 is 9.53 Å². The molecule has 0 saturated carbocycles. The second kappa shape index (κ2) is 5.32. The van der Waals surface area contributed by atoms with Gasteiger partial charge in [0.2, 0.25) is 0 Å². The van der Waals surface area contributed by atoms with E-state index in [4.69, 9.17) is 4.74 Å². The van der Waals surface area contributed by atoms with E-state index in [9.17, 15) is 4.79 Å². The molecule has 0 aliphatic carbocycles. The topological polar surface area (TPSA) is 29.5 Å². The Kier molecular flexibility index (Phi) is 3.79. The molecule has 0 N–H and O–H groups in total. The van der Waals surface area contributed by atoms with Crippen molar-refractivity contribution in [1.82, 2.24) is 4.90 Å². The largest absolute Gasteiger partial charge is 0.378 e. The molecule has 0 unspecified atom stereocenters. The Morgan fingerprint density at radius 1 is 1.35 bits per heavy atom.